The number of aromatic nitrogens is 2. The lowest BCUT2D eigenvalue weighted by molar-refractivity contribution is 0.0519. The van der Waals surface area contributed by atoms with Crippen molar-refractivity contribution in [2.45, 2.75) is 18.4 Å². The average molecular weight is 537 g/mol. The minimum absolute atomic E-state index is 0.100. The van der Waals surface area contributed by atoms with Crippen LogP contribution in [0.1, 0.15) is 33.5 Å². The number of benzene rings is 3. The third-order valence-corrected chi connectivity index (χ3v) is 6.76. The number of sulfone groups is 1. The highest BCUT2D eigenvalue weighted by molar-refractivity contribution is 7.90. The van der Waals surface area contributed by atoms with Crippen molar-refractivity contribution in [1.82, 2.24) is 9.78 Å². The Morgan fingerprint density at radius 3 is 2.45 bits per heavy atom. The molecule has 1 amide bonds. The van der Waals surface area contributed by atoms with Gasteiger partial charge in [0, 0.05) is 24.4 Å². The van der Waals surface area contributed by atoms with Crippen LogP contribution in [0.3, 0.4) is 0 Å². The van der Waals surface area contributed by atoms with Crippen LogP contribution in [0.2, 0.25) is 0 Å². The number of carbonyl (C=O) groups is 2. The van der Waals surface area contributed by atoms with E-state index in [0.717, 1.165) is 11.8 Å². The summed E-state index contributed by atoms with van der Waals surface area (Å²) in [5.41, 5.74) is 7.00. The van der Waals surface area contributed by atoms with E-state index in [1.807, 2.05) is 0 Å². The summed E-state index contributed by atoms with van der Waals surface area (Å²) in [6.45, 7) is 1.96. The fraction of sp³-hybridized carbons (Fsp3) is 0.148. The first kappa shape index (κ1) is 26.7. The molecule has 0 saturated heterocycles. The monoisotopic (exact) mass is 536 g/mol. The number of nitrogens with zero attached hydrogens (tertiary/aromatic N) is 2. The minimum Gasteiger partial charge on any atom is -0.461 e. The summed E-state index contributed by atoms with van der Waals surface area (Å²) in [5.74, 6) is -2.67. The number of esters is 1. The molecular formula is C27H25FN4O5S. The second-order valence-corrected chi connectivity index (χ2v) is 10.3. The van der Waals surface area contributed by atoms with Crippen molar-refractivity contribution in [1.29, 1.82) is 0 Å². The smallest absolute Gasteiger partial charge is 0.358 e. The first-order valence-electron chi connectivity index (χ1n) is 11.6. The maximum Gasteiger partial charge on any atom is 0.358 e. The van der Waals surface area contributed by atoms with E-state index in [1.165, 1.54) is 22.9 Å². The highest BCUT2D eigenvalue weighted by Gasteiger charge is 2.26. The molecule has 3 N–H and O–H groups in total. The molecule has 0 saturated carbocycles. The Morgan fingerprint density at radius 2 is 1.79 bits per heavy atom. The Kier molecular flexibility index (Phi) is 7.70. The quantitative estimate of drug-likeness (QED) is 0.326. The molecule has 0 atom stereocenters. The largest absolute Gasteiger partial charge is 0.461 e. The molecule has 1 heterocycles. The number of halogens is 1. The topological polar surface area (TPSA) is 133 Å². The Balaban J connectivity index is 1.79. The van der Waals surface area contributed by atoms with Gasteiger partial charge in [0.25, 0.3) is 5.91 Å². The van der Waals surface area contributed by atoms with Gasteiger partial charge in [0.2, 0.25) is 0 Å². The Morgan fingerprint density at radius 1 is 1.05 bits per heavy atom. The summed E-state index contributed by atoms with van der Waals surface area (Å²) in [5, 5.41) is 6.65. The fourth-order valence-electron chi connectivity index (χ4n) is 3.91. The van der Waals surface area contributed by atoms with Crippen LogP contribution in [-0.4, -0.2) is 42.9 Å². The molecule has 1 aromatic heterocycles. The number of nitrogens with one attached hydrogen (secondary N) is 1. The van der Waals surface area contributed by atoms with Gasteiger partial charge in [-0.25, -0.2) is 22.3 Å². The standard InChI is InChI=1S/C27H25FN4O5S/c1-3-37-27(34)22-15-23(32(31-22)19-11-7-8-17(14-19)16-29)26(33)30-21-13-12-20(18-9-5-4-6-10-18)25(24(21)28)38(2,35)36/h4-15H,3,16,29H2,1-2H3,(H,30,33). The zero-order valence-electron chi connectivity index (χ0n) is 20.6. The number of hydrogen-bond acceptors (Lipinski definition) is 7. The van der Waals surface area contributed by atoms with Gasteiger partial charge in [0.15, 0.2) is 21.3 Å². The maximum atomic E-state index is 15.6. The number of rotatable bonds is 8. The summed E-state index contributed by atoms with van der Waals surface area (Å²) in [6, 6.07) is 19.3. The van der Waals surface area contributed by atoms with E-state index >= 15 is 4.39 Å². The minimum atomic E-state index is -4.02. The van der Waals surface area contributed by atoms with Crippen LogP contribution in [0.15, 0.2) is 77.7 Å². The summed E-state index contributed by atoms with van der Waals surface area (Å²) < 4.78 is 47.0. The summed E-state index contributed by atoms with van der Waals surface area (Å²) >= 11 is 0. The molecule has 0 fully saturated rings. The lowest BCUT2D eigenvalue weighted by atomic mass is 10.0. The van der Waals surface area contributed by atoms with Crippen molar-refractivity contribution >= 4 is 27.4 Å². The van der Waals surface area contributed by atoms with Gasteiger partial charge in [0.05, 0.1) is 18.0 Å². The second kappa shape index (κ2) is 11.0. The Hall–Kier alpha value is -4.35. The van der Waals surface area contributed by atoms with E-state index in [4.69, 9.17) is 10.5 Å². The SMILES string of the molecule is CCOC(=O)c1cc(C(=O)Nc2ccc(-c3ccccc3)c(S(C)(=O)=O)c2F)n(-c2cccc(CN)c2)n1. The predicted molar refractivity (Wildman–Crippen MR) is 140 cm³/mol. The van der Waals surface area contributed by atoms with Crippen molar-refractivity contribution in [3.8, 4) is 16.8 Å². The van der Waals surface area contributed by atoms with E-state index in [2.05, 4.69) is 10.4 Å². The van der Waals surface area contributed by atoms with Gasteiger partial charge >= 0.3 is 5.97 Å². The summed E-state index contributed by atoms with van der Waals surface area (Å²) in [6.07, 6.45) is 0.897. The van der Waals surface area contributed by atoms with Crippen molar-refractivity contribution in [3.05, 3.63) is 95.6 Å². The molecule has 0 bridgehead atoms. The molecular weight excluding hydrogens is 511 g/mol. The second-order valence-electron chi connectivity index (χ2n) is 8.32. The number of nitrogens with two attached hydrogens (primary N) is 1. The van der Waals surface area contributed by atoms with Crippen LogP contribution >= 0.6 is 0 Å². The van der Waals surface area contributed by atoms with Crippen LogP contribution in [0.4, 0.5) is 10.1 Å². The van der Waals surface area contributed by atoms with E-state index < -0.39 is 32.4 Å². The van der Waals surface area contributed by atoms with Crippen LogP contribution in [-0.2, 0) is 21.1 Å². The van der Waals surface area contributed by atoms with Crippen molar-refractivity contribution in [2.24, 2.45) is 5.73 Å². The molecule has 0 unspecified atom stereocenters. The number of hydrogen-bond donors (Lipinski definition) is 2. The lowest BCUT2D eigenvalue weighted by Crippen LogP contribution is -2.19. The van der Waals surface area contributed by atoms with Crippen molar-refractivity contribution in [3.63, 3.8) is 0 Å². The first-order chi connectivity index (χ1) is 18.1. The fourth-order valence-corrected chi connectivity index (χ4v) is 4.93. The van der Waals surface area contributed by atoms with Gasteiger partial charge in [-0.2, -0.15) is 5.10 Å². The zero-order valence-corrected chi connectivity index (χ0v) is 21.5. The van der Waals surface area contributed by atoms with Crippen LogP contribution < -0.4 is 11.1 Å². The van der Waals surface area contributed by atoms with Gasteiger partial charge in [-0.15, -0.1) is 0 Å². The molecule has 4 aromatic rings. The molecule has 11 heteroatoms. The van der Waals surface area contributed by atoms with E-state index in [0.29, 0.717) is 11.3 Å². The van der Waals surface area contributed by atoms with Gasteiger partial charge in [0.1, 0.15) is 10.6 Å². The zero-order chi connectivity index (χ0) is 27.4. The molecule has 196 valence electrons. The number of amides is 1. The summed E-state index contributed by atoms with van der Waals surface area (Å²) in [7, 11) is -4.02. The summed E-state index contributed by atoms with van der Waals surface area (Å²) in [4.78, 5) is 25.2. The lowest BCUT2D eigenvalue weighted by Gasteiger charge is -2.14. The van der Waals surface area contributed by atoms with Gasteiger partial charge in [-0.05, 0) is 36.2 Å². The normalized spacial score (nSPS) is 11.3. The van der Waals surface area contributed by atoms with Gasteiger partial charge < -0.3 is 15.8 Å². The van der Waals surface area contributed by atoms with Crippen molar-refractivity contribution < 1.29 is 27.1 Å². The van der Waals surface area contributed by atoms with E-state index in [-0.39, 0.29) is 35.8 Å². The molecule has 0 aliphatic heterocycles. The maximum absolute atomic E-state index is 15.6. The molecule has 0 aliphatic carbocycles. The van der Waals surface area contributed by atoms with Crippen molar-refractivity contribution in [2.75, 3.05) is 18.2 Å². The molecule has 38 heavy (non-hydrogen) atoms. The number of carbonyl (C=O) groups excluding carboxylic acids is 2. The highest BCUT2D eigenvalue weighted by Crippen LogP contribution is 2.33. The number of ether oxygens (including phenoxy) is 1. The van der Waals surface area contributed by atoms with Crippen LogP contribution in [0.5, 0.6) is 0 Å². The Bertz CT molecular complexity index is 1620. The average Bonchev–Trinajstić information content (AvgIpc) is 3.36. The van der Waals surface area contributed by atoms with Crippen LogP contribution in [0.25, 0.3) is 16.8 Å². The van der Waals surface area contributed by atoms with Crippen LogP contribution in [0, 0.1) is 5.82 Å². The van der Waals surface area contributed by atoms with Gasteiger partial charge in [-0.3, -0.25) is 4.79 Å². The Labute approximate surface area is 219 Å². The van der Waals surface area contributed by atoms with E-state index in [1.54, 1.807) is 61.5 Å². The molecule has 4 rings (SSSR count). The highest BCUT2D eigenvalue weighted by atomic mass is 32.2. The molecule has 9 nitrogen and oxygen atoms in total. The third kappa shape index (κ3) is 5.48. The van der Waals surface area contributed by atoms with E-state index in [9.17, 15) is 18.0 Å². The molecule has 0 radical (unpaired) electrons. The molecule has 0 aliphatic rings. The molecule has 0 spiro atoms. The van der Waals surface area contributed by atoms with Gasteiger partial charge in [-0.1, -0.05) is 48.5 Å². The first-order valence-corrected chi connectivity index (χ1v) is 13.5. The number of anilines is 1. The predicted octanol–water partition coefficient (Wildman–Crippen LogP) is 3.97. The molecule has 3 aromatic carbocycles. The third-order valence-electron chi connectivity index (χ3n) is 5.62.